The molecule has 28 heavy (non-hydrogen) atoms. The van der Waals surface area contributed by atoms with Crippen molar-refractivity contribution in [2.24, 2.45) is 0 Å². The molecule has 148 valence electrons. The van der Waals surface area contributed by atoms with Gasteiger partial charge in [-0.1, -0.05) is 24.3 Å². The second-order valence-electron chi connectivity index (χ2n) is 6.33. The van der Waals surface area contributed by atoms with Crippen LogP contribution in [0.2, 0.25) is 0 Å². The minimum Gasteiger partial charge on any atom is -0.376 e. The fourth-order valence-corrected chi connectivity index (χ4v) is 4.58. The fourth-order valence-electron chi connectivity index (χ4n) is 3.13. The zero-order valence-electron chi connectivity index (χ0n) is 15.3. The predicted octanol–water partition coefficient (Wildman–Crippen LogP) is 2.70. The van der Waals surface area contributed by atoms with Crippen molar-refractivity contribution in [2.45, 2.75) is 4.90 Å². The van der Waals surface area contributed by atoms with Crippen LogP contribution in [0, 0.1) is 10.1 Å². The maximum Gasteiger partial charge on any atom is 0.292 e. The lowest BCUT2D eigenvalue weighted by molar-refractivity contribution is -0.383. The molecule has 1 N–H and O–H groups in total. The highest BCUT2D eigenvalue weighted by Gasteiger charge is 2.29. The lowest BCUT2D eigenvalue weighted by Gasteiger charge is -2.35. The third-order valence-electron chi connectivity index (χ3n) is 4.60. The van der Waals surface area contributed by atoms with E-state index in [9.17, 15) is 18.5 Å². The standard InChI is InChI=1S/C19H22N4O4S/c1-2-10-20-18-15-16(8-9-19(18)23(24)25)21-11-13-22(14-12-21)28(26,27)17-6-4-3-5-7-17/h2-9,15,20H,1,10-14H2. The number of nitrogens with zero attached hydrogens (tertiary/aromatic N) is 3. The lowest BCUT2D eigenvalue weighted by atomic mass is 10.2. The highest BCUT2D eigenvalue weighted by atomic mass is 32.2. The molecule has 0 aliphatic carbocycles. The van der Waals surface area contributed by atoms with Crippen molar-refractivity contribution >= 4 is 27.1 Å². The summed E-state index contributed by atoms with van der Waals surface area (Å²) in [7, 11) is -3.51. The molecule has 0 aromatic heterocycles. The van der Waals surface area contributed by atoms with Gasteiger partial charge in [-0.15, -0.1) is 6.58 Å². The van der Waals surface area contributed by atoms with Crippen molar-refractivity contribution in [1.29, 1.82) is 0 Å². The van der Waals surface area contributed by atoms with Crippen LogP contribution in [0.25, 0.3) is 0 Å². The molecule has 0 spiro atoms. The molecule has 1 aliphatic heterocycles. The Kier molecular flexibility index (Phi) is 5.96. The van der Waals surface area contributed by atoms with Crippen LogP contribution in [-0.4, -0.2) is 50.4 Å². The molecule has 9 heteroatoms. The average Bonchev–Trinajstić information content (AvgIpc) is 2.72. The van der Waals surface area contributed by atoms with Crippen molar-refractivity contribution in [1.82, 2.24) is 4.31 Å². The molecular weight excluding hydrogens is 380 g/mol. The van der Waals surface area contributed by atoms with E-state index < -0.39 is 14.9 Å². The van der Waals surface area contributed by atoms with Gasteiger partial charge in [0.1, 0.15) is 5.69 Å². The zero-order chi connectivity index (χ0) is 20.1. The van der Waals surface area contributed by atoms with Crippen molar-refractivity contribution in [3.8, 4) is 0 Å². The predicted molar refractivity (Wildman–Crippen MR) is 109 cm³/mol. The monoisotopic (exact) mass is 402 g/mol. The Hall–Kier alpha value is -2.91. The summed E-state index contributed by atoms with van der Waals surface area (Å²) in [6.07, 6.45) is 1.63. The minimum atomic E-state index is -3.51. The maximum atomic E-state index is 12.7. The number of nitro groups is 1. The SMILES string of the molecule is C=CCNc1cc(N2CCN(S(=O)(=O)c3ccccc3)CC2)ccc1[N+](=O)[O-]. The van der Waals surface area contributed by atoms with Gasteiger partial charge in [-0.25, -0.2) is 8.42 Å². The van der Waals surface area contributed by atoms with Crippen molar-refractivity contribution in [2.75, 3.05) is 42.9 Å². The Morgan fingerprint density at radius 1 is 1.11 bits per heavy atom. The topological polar surface area (TPSA) is 95.8 Å². The van der Waals surface area contributed by atoms with Crippen LogP contribution >= 0.6 is 0 Å². The number of rotatable bonds is 7. The summed E-state index contributed by atoms with van der Waals surface area (Å²) in [6.45, 7) is 5.73. The number of hydrogen-bond donors (Lipinski definition) is 1. The Bertz CT molecular complexity index is 955. The van der Waals surface area contributed by atoms with E-state index >= 15 is 0 Å². The normalized spacial score (nSPS) is 15.2. The molecule has 2 aromatic carbocycles. The second kappa shape index (κ2) is 8.41. The quantitative estimate of drug-likeness (QED) is 0.435. The van der Waals surface area contributed by atoms with E-state index in [1.807, 2.05) is 4.90 Å². The highest BCUT2D eigenvalue weighted by Crippen LogP contribution is 2.30. The van der Waals surface area contributed by atoms with Gasteiger partial charge in [0.2, 0.25) is 10.0 Å². The first-order chi connectivity index (χ1) is 13.4. The van der Waals surface area contributed by atoms with Gasteiger partial charge in [0, 0.05) is 44.5 Å². The Morgan fingerprint density at radius 2 is 1.79 bits per heavy atom. The van der Waals surface area contributed by atoms with Gasteiger partial charge >= 0.3 is 0 Å². The first kappa shape index (κ1) is 19.8. The molecule has 8 nitrogen and oxygen atoms in total. The van der Waals surface area contributed by atoms with Gasteiger partial charge in [0.15, 0.2) is 0 Å². The number of nitro benzene ring substituents is 1. The summed E-state index contributed by atoms with van der Waals surface area (Å²) in [6, 6.07) is 13.3. The van der Waals surface area contributed by atoms with E-state index in [2.05, 4.69) is 11.9 Å². The van der Waals surface area contributed by atoms with Gasteiger partial charge < -0.3 is 10.2 Å². The van der Waals surface area contributed by atoms with Gasteiger partial charge in [-0.2, -0.15) is 4.31 Å². The second-order valence-corrected chi connectivity index (χ2v) is 8.27. The number of hydrogen-bond acceptors (Lipinski definition) is 6. The zero-order valence-corrected chi connectivity index (χ0v) is 16.1. The van der Waals surface area contributed by atoms with Crippen LogP contribution in [0.5, 0.6) is 0 Å². The van der Waals surface area contributed by atoms with Gasteiger partial charge in [-0.3, -0.25) is 10.1 Å². The van der Waals surface area contributed by atoms with E-state index in [0.717, 1.165) is 5.69 Å². The number of piperazine rings is 1. The molecular formula is C19H22N4O4S. The summed E-state index contributed by atoms with van der Waals surface area (Å²) < 4.78 is 26.9. The average molecular weight is 402 g/mol. The van der Waals surface area contributed by atoms with E-state index in [4.69, 9.17) is 0 Å². The first-order valence-corrected chi connectivity index (χ1v) is 10.3. The Balaban J connectivity index is 1.74. The molecule has 1 saturated heterocycles. The lowest BCUT2D eigenvalue weighted by Crippen LogP contribution is -2.48. The number of benzene rings is 2. The van der Waals surface area contributed by atoms with Crippen LogP contribution in [0.4, 0.5) is 17.1 Å². The molecule has 2 aromatic rings. The molecule has 1 fully saturated rings. The molecule has 0 radical (unpaired) electrons. The largest absolute Gasteiger partial charge is 0.376 e. The Morgan fingerprint density at radius 3 is 2.39 bits per heavy atom. The molecule has 0 amide bonds. The summed E-state index contributed by atoms with van der Waals surface area (Å²) in [4.78, 5) is 13.1. The highest BCUT2D eigenvalue weighted by molar-refractivity contribution is 7.89. The molecule has 0 atom stereocenters. The first-order valence-electron chi connectivity index (χ1n) is 8.87. The number of nitrogens with one attached hydrogen (secondary N) is 1. The molecule has 0 unspecified atom stereocenters. The number of anilines is 2. The smallest absolute Gasteiger partial charge is 0.292 e. The van der Waals surface area contributed by atoms with Crippen LogP contribution in [0.1, 0.15) is 0 Å². The van der Waals surface area contributed by atoms with Crippen LogP contribution in [-0.2, 0) is 10.0 Å². The van der Waals surface area contributed by atoms with Crippen molar-refractivity contribution in [3.63, 3.8) is 0 Å². The minimum absolute atomic E-state index is 0.00380. The summed E-state index contributed by atoms with van der Waals surface area (Å²) in [5, 5.41) is 14.2. The number of sulfonamides is 1. The maximum absolute atomic E-state index is 12.7. The summed E-state index contributed by atoms with van der Waals surface area (Å²) >= 11 is 0. The van der Waals surface area contributed by atoms with E-state index in [1.54, 1.807) is 48.5 Å². The summed E-state index contributed by atoms with van der Waals surface area (Å²) in [5.41, 5.74) is 1.23. The van der Waals surface area contributed by atoms with Gasteiger partial charge in [0.25, 0.3) is 5.69 Å². The van der Waals surface area contributed by atoms with Crippen LogP contribution < -0.4 is 10.2 Å². The molecule has 3 rings (SSSR count). The van der Waals surface area contributed by atoms with Crippen molar-refractivity contribution in [3.05, 3.63) is 71.3 Å². The third-order valence-corrected chi connectivity index (χ3v) is 6.51. The molecule has 1 aliphatic rings. The molecule has 0 bridgehead atoms. The summed E-state index contributed by atoms with van der Waals surface area (Å²) in [5.74, 6) is 0. The third kappa shape index (κ3) is 4.15. The molecule has 1 heterocycles. The van der Waals surface area contributed by atoms with E-state index in [-0.39, 0.29) is 10.6 Å². The molecule has 0 saturated carbocycles. The van der Waals surface area contributed by atoms with E-state index in [1.165, 1.54) is 10.4 Å². The van der Waals surface area contributed by atoms with Crippen LogP contribution in [0.15, 0.2) is 66.1 Å². The fraction of sp³-hybridized carbons (Fsp3) is 0.263. The van der Waals surface area contributed by atoms with Crippen LogP contribution in [0.3, 0.4) is 0 Å². The van der Waals surface area contributed by atoms with Gasteiger partial charge in [0.05, 0.1) is 9.82 Å². The van der Waals surface area contributed by atoms with Gasteiger partial charge in [-0.05, 0) is 24.3 Å². The van der Waals surface area contributed by atoms with Crippen molar-refractivity contribution < 1.29 is 13.3 Å². The Labute approximate surface area is 164 Å². The van der Waals surface area contributed by atoms with E-state index in [0.29, 0.717) is 38.4 Å².